The Morgan fingerprint density at radius 3 is 2.93 bits per heavy atom. The Morgan fingerprint density at radius 2 is 2.27 bits per heavy atom. The number of thiophene rings is 1. The second-order valence-corrected chi connectivity index (χ2v) is 4.22. The summed E-state index contributed by atoms with van der Waals surface area (Å²) in [4.78, 5) is 14.8. The first-order valence-corrected chi connectivity index (χ1v) is 5.57. The molecule has 2 rings (SSSR count). The van der Waals surface area contributed by atoms with Gasteiger partial charge in [-0.1, -0.05) is 6.07 Å². The summed E-state index contributed by atoms with van der Waals surface area (Å²) in [7, 11) is 0. The molecule has 2 N–H and O–H groups in total. The monoisotopic (exact) mass is 221 g/mol. The Hall–Kier alpha value is -1.55. The Balaban J connectivity index is 2.08. The molecule has 0 unspecified atom stereocenters. The number of aliphatic carboxylic acids is 1. The van der Waals surface area contributed by atoms with Crippen LogP contribution in [0.25, 0.3) is 10.6 Å². The molecule has 0 radical (unpaired) electrons. The van der Waals surface area contributed by atoms with Gasteiger partial charge in [-0.3, -0.25) is 4.79 Å². The van der Waals surface area contributed by atoms with Crippen molar-refractivity contribution in [2.45, 2.75) is 12.8 Å². The van der Waals surface area contributed by atoms with Crippen LogP contribution in [0, 0.1) is 0 Å². The number of hydrogen-bond donors (Lipinski definition) is 2. The molecule has 0 amide bonds. The molecule has 0 aliphatic rings. The van der Waals surface area contributed by atoms with Gasteiger partial charge in [0.1, 0.15) is 0 Å². The van der Waals surface area contributed by atoms with Crippen molar-refractivity contribution in [3.63, 3.8) is 0 Å². The summed E-state index contributed by atoms with van der Waals surface area (Å²) < 4.78 is 0. The van der Waals surface area contributed by atoms with E-state index in [1.165, 1.54) is 4.88 Å². The van der Waals surface area contributed by atoms with Crippen LogP contribution in [0.2, 0.25) is 0 Å². The number of hydrogen-bond acceptors (Lipinski definition) is 2. The summed E-state index contributed by atoms with van der Waals surface area (Å²) in [5.74, 6) is -0.762. The number of aromatic amines is 1. The predicted octanol–water partition coefficient (Wildman–Crippen LogP) is 2.76. The molecular weight excluding hydrogens is 210 g/mol. The number of aryl methyl sites for hydroxylation is 1. The van der Waals surface area contributed by atoms with Gasteiger partial charge in [-0.05, 0) is 30.0 Å². The average molecular weight is 221 g/mol. The number of H-pyrrole nitrogens is 1. The molecule has 2 aromatic rings. The Kier molecular flexibility index (Phi) is 2.87. The third kappa shape index (κ3) is 2.47. The number of rotatable bonds is 4. The molecule has 0 spiro atoms. The first kappa shape index (κ1) is 9.98. The van der Waals surface area contributed by atoms with Crippen molar-refractivity contribution >= 4 is 17.3 Å². The lowest BCUT2D eigenvalue weighted by Crippen LogP contribution is -1.97. The van der Waals surface area contributed by atoms with Gasteiger partial charge in [0.05, 0.1) is 17.0 Å². The highest BCUT2D eigenvalue weighted by Crippen LogP contribution is 2.23. The summed E-state index contributed by atoms with van der Waals surface area (Å²) in [6, 6.07) is 7.97. The molecule has 4 heteroatoms. The van der Waals surface area contributed by atoms with Crippen LogP contribution in [0.4, 0.5) is 0 Å². The van der Waals surface area contributed by atoms with Crippen molar-refractivity contribution in [2.24, 2.45) is 0 Å². The number of nitrogens with one attached hydrogen (secondary N) is 1. The van der Waals surface area contributed by atoms with Crippen LogP contribution < -0.4 is 0 Å². The van der Waals surface area contributed by atoms with Crippen molar-refractivity contribution in [3.05, 3.63) is 35.3 Å². The van der Waals surface area contributed by atoms with Gasteiger partial charge in [0.2, 0.25) is 0 Å². The first-order chi connectivity index (χ1) is 7.25. The molecule has 0 saturated carbocycles. The zero-order chi connectivity index (χ0) is 10.7. The SMILES string of the molecule is O=C(O)CCc1ccc(-c2cccs2)[nH]1. The van der Waals surface area contributed by atoms with Crippen molar-refractivity contribution < 1.29 is 9.90 Å². The number of aromatic nitrogens is 1. The van der Waals surface area contributed by atoms with Gasteiger partial charge in [-0.25, -0.2) is 0 Å². The Morgan fingerprint density at radius 1 is 1.40 bits per heavy atom. The maximum absolute atomic E-state index is 10.4. The van der Waals surface area contributed by atoms with Crippen LogP contribution in [-0.2, 0) is 11.2 Å². The molecule has 0 aliphatic heterocycles. The maximum atomic E-state index is 10.4. The summed E-state index contributed by atoms with van der Waals surface area (Å²) in [6.07, 6.45) is 0.727. The van der Waals surface area contributed by atoms with Crippen LogP contribution in [0.3, 0.4) is 0 Å². The smallest absolute Gasteiger partial charge is 0.303 e. The van der Waals surface area contributed by atoms with Gasteiger partial charge in [0.25, 0.3) is 0 Å². The second-order valence-electron chi connectivity index (χ2n) is 3.27. The lowest BCUT2D eigenvalue weighted by atomic mass is 10.2. The fourth-order valence-corrected chi connectivity index (χ4v) is 2.11. The van der Waals surface area contributed by atoms with E-state index in [0.717, 1.165) is 11.4 Å². The van der Waals surface area contributed by atoms with E-state index in [9.17, 15) is 4.79 Å². The van der Waals surface area contributed by atoms with Gasteiger partial charge in [-0.2, -0.15) is 0 Å². The van der Waals surface area contributed by atoms with Gasteiger partial charge in [-0.15, -0.1) is 11.3 Å². The van der Waals surface area contributed by atoms with Crippen molar-refractivity contribution in [3.8, 4) is 10.6 Å². The molecule has 2 heterocycles. The highest BCUT2D eigenvalue weighted by molar-refractivity contribution is 7.13. The summed E-state index contributed by atoms with van der Waals surface area (Å²) in [6.45, 7) is 0. The predicted molar refractivity (Wildman–Crippen MR) is 60.1 cm³/mol. The lowest BCUT2D eigenvalue weighted by molar-refractivity contribution is -0.136. The van der Waals surface area contributed by atoms with E-state index >= 15 is 0 Å². The normalized spacial score (nSPS) is 10.4. The van der Waals surface area contributed by atoms with Gasteiger partial charge >= 0.3 is 5.97 Å². The van der Waals surface area contributed by atoms with Gasteiger partial charge in [0.15, 0.2) is 0 Å². The van der Waals surface area contributed by atoms with Crippen LogP contribution in [0.1, 0.15) is 12.1 Å². The average Bonchev–Trinajstić information content (AvgIpc) is 2.85. The Labute approximate surface area is 91.4 Å². The molecule has 15 heavy (non-hydrogen) atoms. The third-order valence-corrected chi connectivity index (χ3v) is 3.04. The van der Waals surface area contributed by atoms with E-state index in [2.05, 4.69) is 4.98 Å². The number of carboxylic acids is 1. The van der Waals surface area contributed by atoms with Crippen molar-refractivity contribution in [2.75, 3.05) is 0 Å². The highest BCUT2D eigenvalue weighted by atomic mass is 32.1. The molecular formula is C11H11NO2S. The Bertz CT molecular complexity index is 445. The molecule has 78 valence electrons. The second kappa shape index (κ2) is 4.31. The number of carboxylic acid groups (broad SMARTS) is 1. The van der Waals surface area contributed by atoms with E-state index in [-0.39, 0.29) is 6.42 Å². The molecule has 0 atom stereocenters. The summed E-state index contributed by atoms with van der Waals surface area (Å²) >= 11 is 1.67. The quantitative estimate of drug-likeness (QED) is 0.834. The summed E-state index contributed by atoms with van der Waals surface area (Å²) in [5, 5.41) is 10.6. The zero-order valence-corrected chi connectivity index (χ0v) is 8.88. The van der Waals surface area contributed by atoms with Gasteiger partial charge in [0, 0.05) is 5.69 Å². The standard InChI is InChI=1S/C11H11NO2S/c13-11(14)6-4-8-3-5-9(12-8)10-2-1-7-15-10/h1-3,5,7,12H,4,6H2,(H,13,14). The minimum atomic E-state index is -0.762. The minimum absolute atomic E-state index is 0.171. The fourth-order valence-electron chi connectivity index (χ4n) is 1.40. The molecule has 0 saturated heterocycles. The van der Waals surface area contributed by atoms with Crippen molar-refractivity contribution in [1.29, 1.82) is 0 Å². The molecule has 0 fully saturated rings. The van der Waals surface area contributed by atoms with Gasteiger partial charge < -0.3 is 10.1 Å². The topological polar surface area (TPSA) is 53.1 Å². The fraction of sp³-hybridized carbons (Fsp3) is 0.182. The maximum Gasteiger partial charge on any atom is 0.303 e. The largest absolute Gasteiger partial charge is 0.481 e. The van der Waals surface area contributed by atoms with E-state index in [4.69, 9.17) is 5.11 Å². The lowest BCUT2D eigenvalue weighted by Gasteiger charge is -1.94. The summed E-state index contributed by atoms with van der Waals surface area (Å²) in [5.41, 5.74) is 2.03. The molecule has 0 aromatic carbocycles. The van der Waals surface area contributed by atoms with Crippen LogP contribution in [0.5, 0.6) is 0 Å². The number of carbonyl (C=O) groups is 1. The van der Waals surface area contributed by atoms with E-state index in [0.29, 0.717) is 6.42 Å². The van der Waals surface area contributed by atoms with Crippen LogP contribution in [-0.4, -0.2) is 16.1 Å². The third-order valence-electron chi connectivity index (χ3n) is 2.14. The molecule has 0 bridgehead atoms. The van der Waals surface area contributed by atoms with Crippen molar-refractivity contribution in [1.82, 2.24) is 4.98 Å². The van der Waals surface area contributed by atoms with E-state index in [1.54, 1.807) is 11.3 Å². The highest BCUT2D eigenvalue weighted by Gasteiger charge is 2.04. The molecule has 0 aliphatic carbocycles. The first-order valence-electron chi connectivity index (χ1n) is 4.69. The van der Waals surface area contributed by atoms with Crippen LogP contribution >= 0.6 is 11.3 Å². The van der Waals surface area contributed by atoms with Crippen LogP contribution in [0.15, 0.2) is 29.6 Å². The molecule has 3 nitrogen and oxygen atoms in total. The minimum Gasteiger partial charge on any atom is -0.481 e. The van der Waals surface area contributed by atoms with E-state index < -0.39 is 5.97 Å². The molecule has 2 aromatic heterocycles. The van der Waals surface area contributed by atoms with E-state index in [1.807, 2.05) is 29.6 Å². The zero-order valence-electron chi connectivity index (χ0n) is 8.06.